The zero-order valence-corrected chi connectivity index (χ0v) is 14.3. The van der Waals surface area contributed by atoms with E-state index in [1.54, 1.807) is 12.1 Å². The summed E-state index contributed by atoms with van der Waals surface area (Å²) in [5.74, 6) is -0.570. The Hall–Kier alpha value is -0.800. The Labute approximate surface area is 141 Å². The molecule has 0 atom stereocenters. The van der Waals surface area contributed by atoms with Gasteiger partial charge in [-0.05, 0) is 56.1 Å². The van der Waals surface area contributed by atoms with Crippen molar-refractivity contribution in [3.8, 4) is 6.07 Å². The Bertz CT molecular complexity index is 729. The molecule has 0 fully saturated rings. The average Bonchev–Trinajstić information content (AvgIpc) is 2.44. The third kappa shape index (κ3) is 2.94. The lowest BCUT2D eigenvalue weighted by Crippen LogP contribution is -1.97. The molecule has 0 unspecified atom stereocenters. The summed E-state index contributed by atoms with van der Waals surface area (Å²) < 4.78 is 14.9. The summed E-state index contributed by atoms with van der Waals surface area (Å²) in [5, 5.41) is 12.3. The number of benzene rings is 2. The molecule has 2 rings (SSSR count). The predicted octanol–water partition coefficient (Wildman–Crippen LogP) is 6.27. The molecule has 1 N–H and O–H groups in total. The number of nitriles is 1. The molecular weight excluding hydrogens is 434 g/mol. The maximum Gasteiger partial charge on any atom is 0.162 e. The van der Waals surface area contributed by atoms with Crippen LogP contribution in [-0.2, 0) is 0 Å². The lowest BCUT2D eigenvalue weighted by atomic mass is 10.2. The second kappa shape index (κ2) is 6.31. The molecule has 2 aromatic carbocycles. The summed E-state index contributed by atoms with van der Waals surface area (Å²) in [6.07, 6.45) is 0. The summed E-state index contributed by atoms with van der Waals surface area (Å²) in [4.78, 5) is 0. The van der Waals surface area contributed by atoms with Crippen LogP contribution in [0.1, 0.15) is 5.56 Å². The van der Waals surface area contributed by atoms with Gasteiger partial charge in [-0.15, -0.1) is 0 Å². The number of rotatable bonds is 2. The van der Waals surface area contributed by atoms with Gasteiger partial charge in [-0.25, -0.2) is 4.39 Å². The van der Waals surface area contributed by atoms with Crippen LogP contribution in [0.25, 0.3) is 0 Å². The molecule has 2 nitrogen and oxygen atoms in total. The first-order chi connectivity index (χ1) is 9.45. The van der Waals surface area contributed by atoms with Crippen LogP contribution >= 0.6 is 55.1 Å². The molecule has 102 valence electrons. The largest absolute Gasteiger partial charge is 0.352 e. The topological polar surface area (TPSA) is 35.8 Å². The zero-order chi connectivity index (χ0) is 14.9. The van der Waals surface area contributed by atoms with Crippen molar-refractivity contribution in [2.45, 2.75) is 0 Å². The molecule has 0 aromatic heterocycles. The van der Waals surface area contributed by atoms with Gasteiger partial charge in [0, 0.05) is 4.47 Å². The van der Waals surface area contributed by atoms with E-state index in [9.17, 15) is 4.39 Å². The van der Waals surface area contributed by atoms with Crippen molar-refractivity contribution in [2.24, 2.45) is 0 Å². The highest BCUT2D eigenvalue weighted by atomic mass is 79.9. The Morgan fingerprint density at radius 3 is 2.35 bits per heavy atom. The standard InChI is InChI=1S/C13H5Br2Cl2FN2/c14-7-2-4-8(12(17)11(7)16)20-9-3-1-6(5-19)10(15)13(9)18/h1-4,20H. The third-order valence-corrected chi connectivity index (χ3v) is 5.05. The summed E-state index contributed by atoms with van der Waals surface area (Å²) in [6, 6.07) is 8.23. The second-order valence-corrected chi connectivity index (χ2v) is 6.15. The van der Waals surface area contributed by atoms with Crippen molar-refractivity contribution < 1.29 is 4.39 Å². The fraction of sp³-hybridized carbons (Fsp3) is 0. The minimum atomic E-state index is -0.570. The van der Waals surface area contributed by atoms with E-state index >= 15 is 0 Å². The van der Waals surface area contributed by atoms with E-state index < -0.39 is 5.82 Å². The van der Waals surface area contributed by atoms with Crippen molar-refractivity contribution in [2.75, 3.05) is 5.32 Å². The normalized spacial score (nSPS) is 10.2. The number of anilines is 2. The quantitative estimate of drug-likeness (QED) is 0.560. The molecule has 0 heterocycles. The van der Waals surface area contributed by atoms with Gasteiger partial charge in [0.1, 0.15) is 6.07 Å². The van der Waals surface area contributed by atoms with Gasteiger partial charge in [-0.3, -0.25) is 0 Å². The van der Waals surface area contributed by atoms with E-state index in [4.69, 9.17) is 28.5 Å². The lowest BCUT2D eigenvalue weighted by Gasteiger charge is -2.12. The molecule has 0 aliphatic carbocycles. The highest BCUT2D eigenvalue weighted by Gasteiger charge is 2.14. The van der Waals surface area contributed by atoms with Crippen molar-refractivity contribution in [1.29, 1.82) is 5.26 Å². The van der Waals surface area contributed by atoms with Crippen molar-refractivity contribution >= 4 is 66.4 Å². The van der Waals surface area contributed by atoms with Gasteiger partial charge in [0.25, 0.3) is 0 Å². The minimum absolute atomic E-state index is 0.101. The molecule has 0 aliphatic heterocycles. The SMILES string of the molecule is N#Cc1ccc(Nc2ccc(Br)c(Cl)c2Cl)c(F)c1Br. The van der Waals surface area contributed by atoms with Crippen LogP contribution in [0.5, 0.6) is 0 Å². The van der Waals surface area contributed by atoms with Gasteiger partial charge in [-0.1, -0.05) is 23.2 Å². The van der Waals surface area contributed by atoms with Crippen molar-refractivity contribution in [3.05, 3.63) is 54.6 Å². The van der Waals surface area contributed by atoms with E-state index in [0.29, 0.717) is 15.2 Å². The Morgan fingerprint density at radius 1 is 1.05 bits per heavy atom. The molecule has 0 amide bonds. The van der Waals surface area contributed by atoms with Crippen LogP contribution in [0.4, 0.5) is 15.8 Å². The molecule has 0 bridgehead atoms. The molecule has 0 saturated heterocycles. The third-order valence-electron chi connectivity index (χ3n) is 2.51. The first-order valence-corrected chi connectivity index (χ1v) is 7.58. The summed E-state index contributed by atoms with van der Waals surface area (Å²) in [6.45, 7) is 0. The van der Waals surface area contributed by atoms with Gasteiger partial charge >= 0.3 is 0 Å². The monoisotopic (exact) mass is 436 g/mol. The fourth-order valence-corrected chi connectivity index (χ4v) is 2.76. The average molecular weight is 439 g/mol. The van der Waals surface area contributed by atoms with E-state index in [-0.39, 0.29) is 20.7 Å². The Kier molecular flexibility index (Phi) is 4.92. The van der Waals surface area contributed by atoms with Crippen molar-refractivity contribution in [3.63, 3.8) is 0 Å². The molecule has 20 heavy (non-hydrogen) atoms. The summed E-state index contributed by atoms with van der Waals surface area (Å²) in [5.41, 5.74) is 0.875. The smallest absolute Gasteiger partial charge is 0.162 e. The van der Waals surface area contributed by atoms with E-state index in [1.165, 1.54) is 12.1 Å². The second-order valence-electron chi connectivity index (χ2n) is 3.75. The van der Waals surface area contributed by atoms with Crippen LogP contribution < -0.4 is 5.32 Å². The fourth-order valence-electron chi connectivity index (χ4n) is 1.50. The molecule has 0 aliphatic rings. The first kappa shape index (κ1) is 15.6. The van der Waals surface area contributed by atoms with Crippen LogP contribution in [0.15, 0.2) is 33.2 Å². The van der Waals surface area contributed by atoms with Crippen LogP contribution in [-0.4, -0.2) is 0 Å². The number of hydrogen-bond acceptors (Lipinski definition) is 2. The molecule has 0 radical (unpaired) electrons. The number of halogens is 5. The predicted molar refractivity (Wildman–Crippen MR) is 86.3 cm³/mol. The van der Waals surface area contributed by atoms with Gasteiger partial charge in [0.15, 0.2) is 5.82 Å². The maximum atomic E-state index is 14.1. The zero-order valence-electron chi connectivity index (χ0n) is 9.65. The molecule has 0 spiro atoms. The highest BCUT2D eigenvalue weighted by Crippen LogP contribution is 2.38. The lowest BCUT2D eigenvalue weighted by molar-refractivity contribution is 0.624. The van der Waals surface area contributed by atoms with Gasteiger partial charge < -0.3 is 5.32 Å². The summed E-state index contributed by atoms with van der Waals surface area (Å²) in [7, 11) is 0. The van der Waals surface area contributed by atoms with E-state index in [0.717, 1.165) is 0 Å². The number of hydrogen-bond donors (Lipinski definition) is 1. The van der Waals surface area contributed by atoms with Gasteiger partial charge in [0.2, 0.25) is 0 Å². The van der Waals surface area contributed by atoms with Crippen LogP contribution in [0.3, 0.4) is 0 Å². The minimum Gasteiger partial charge on any atom is -0.352 e. The Balaban J connectivity index is 2.44. The van der Waals surface area contributed by atoms with E-state index in [1.807, 2.05) is 6.07 Å². The van der Waals surface area contributed by atoms with Crippen LogP contribution in [0, 0.1) is 17.1 Å². The molecular formula is C13H5Br2Cl2FN2. The van der Waals surface area contributed by atoms with Crippen LogP contribution in [0.2, 0.25) is 10.0 Å². The summed E-state index contributed by atoms with van der Waals surface area (Å²) >= 11 is 18.4. The first-order valence-electron chi connectivity index (χ1n) is 5.24. The molecule has 2 aromatic rings. The number of nitrogens with zero attached hydrogens (tertiary/aromatic N) is 1. The van der Waals surface area contributed by atoms with Gasteiger partial charge in [0.05, 0.1) is 31.5 Å². The molecule has 0 saturated carbocycles. The Morgan fingerprint density at radius 2 is 1.70 bits per heavy atom. The molecule has 7 heteroatoms. The van der Waals surface area contributed by atoms with Gasteiger partial charge in [-0.2, -0.15) is 5.26 Å². The van der Waals surface area contributed by atoms with Crippen molar-refractivity contribution in [1.82, 2.24) is 0 Å². The number of nitrogens with one attached hydrogen (secondary N) is 1. The highest BCUT2D eigenvalue weighted by molar-refractivity contribution is 9.10. The van der Waals surface area contributed by atoms with E-state index in [2.05, 4.69) is 37.2 Å². The maximum absolute atomic E-state index is 14.1.